The second-order valence-electron chi connectivity index (χ2n) is 7.26. The van der Waals surface area contributed by atoms with E-state index in [-0.39, 0.29) is 10.8 Å². The lowest BCUT2D eigenvalue weighted by molar-refractivity contribution is -0.115. The molecular formula is C21H24N4O3S2. The summed E-state index contributed by atoms with van der Waals surface area (Å²) in [4.78, 5) is 17.2. The third kappa shape index (κ3) is 4.83. The van der Waals surface area contributed by atoms with Gasteiger partial charge in [0.15, 0.2) is 0 Å². The molecule has 1 aliphatic heterocycles. The zero-order valence-electron chi connectivity index (χ0n) is 17.2. The molecule has 30 heavy (non-hydrogen) atoms. The standard InChI is InChI=1S/C21H24N4O3S2/c1-14-12-15(2)23-21(19(14)13-22)29-16(3)20(26)24-17-6-8-18(9-7-17)30(27,28)25-10-4-5-11-25/h6-9,12,16H,4-5,10-11H2,1-3H3,(H,24,26). The minimum Gasteiger partial charge on any atom is -0.325 e. The maximum absolute atomic E-state index is 12.6. The number of aryl methyl sites for hydroxylation is 2. The number of hydrogen-bond acceptors (Lipinski definition) is 6. The van der Waals surface area contributed by atoms with Gasteiger partial charge in [-0.15, -0.1) is 0 Å². The Morgan fingerprint density at radius 2 is 1.87 bits per heavy atom. The molecule has 0 saturated carbocycles. The normalized spacial score (nSPS) is 15.5. The summed E-state index contributed by atoms with van der Waals surface area (Å²) in [6, 6.07) is 10.2. The average Bonchev–Trinajstić information content (AvgIpc) is 3.24. The van der Waals surface area contributed by atoms with Crippen LogP contribution in [0, 0.1) is 25.2 Å². The first kappa shape index (κ1) is 22.3. The number of nitriles is 1. The SMILES string of the molecule is Cc1cc(C)c(C#N)c(SC(C)C(=O)Nc2ccc(S(=O)(=O)N3CCCC3)cc2)n1. The fourth-order valence-corrected chi connectivity index (χ4v) is 5.82. The van der Waals surface area contributed by atoms with E-state index in [0.29, 0.717) is 29.4 Å². The van der Waals surface area contributed by atoms with Gasteiger partial charge >= 0.3 is 0 Å². The molecule has 1 atom stereocenters. The molecule has 1 aromatic heterocycles. The zero-order chi connectivity index (χ0) is 21.9. The van der Waals surface area contributed by atoms with Crippen molar-refractivity contribution in [3.8, 4) is 6.07 Å². The van der Waals surface area contributed by atoms with Crippen LogP contribution in [0.1, 0.15) is 36.6 Å². The molecule has 2 heterocycles. The van der Waals surface area contributed by atoms with Crippen LogP contribution < -0.4 is 5.32 Å². The minimum absolute atomic E-state index is 0.225. The third-order valence-corrected chi connectivity index (χ3v) is 7.90. The van der Waals surface area contributed by atoms with Crippen LogP contribution >= 0.6 is 11.8 Å². The first-order chi connectivity index (χ1) is 14.2. The molecule has 0 spiro atoms. The van der Waals surface area contributed by atoms with Crippen LogP contribution in [0.25, 0.3) is 0 Å². The smallest absolute Gasteiger partial charge is 0.243 e. The van der Waals surface area contributed by atoms with Crippen molar-refractivity contribution < 1.29 is 13.2 Å². The first-order valence-electron chi connectivity index (χ1n) is 9.68. The van der Waals surface area contributed by atoms with E-state index >= 15 is 0 Å². The number of rotatable bonds is 6. The Labute approximate surface area is 181 Å². The van der Waals surface area contributed by atoms with Gasteiger partial charge in [-0.2, -0.15) is 9.57 Å². The molecule has 158 valence electrons. The first-order valence-corrected chi connectivity index (χ1v) is 12.0. The van der Waals surface area contributed by atoms with Crippen molar-refractivity contribution in [3.05, 3.63) is 47.2 Å². The molecule has 1 aliphatic rings. The van der Waals surface area contributed by atoms with Crippen LogP contribution in [0.15, 0.2) is 40.3 Å². The number of nitrogens with zero attached hydrogens (tertiary/aromatic N) is 3. The number of hydrogen-bond donors (Lipinski definition) is 1. The molecule has 1 unspecified atom stereocenters. The van der Waals surface area contributed by atoms with Crippen LogP contribution in [-0.2, 0) is 14.8 Å². The quantitative estimate of drug-likeness (QED) is 0.684. The second kappa shape index (κ2) is 9.16. The van der Waals surface area contributed by atoms with Gasteiger partial charge in [0.2, 0.25) is 15.9 Å². The Hall–Kier alpha value is -2.41. The maximum atomic E-state index is 12.6. The lowest BCUT2D eigenvalue weighted by Gasteiger charge is -2.16. The number of benzene rings is 1. The summed E-state index contributed by atoms with van der Waals surface area (Å²) in [5, 5.41) is 12.2. The van der Waals surface area contributed by atoms with Crippen molar-refractivity contribution in [2.75, 3.05) is 18.4 Å². The van der Waals surface area contributed by atoms with E-state index < -0.39 is 15.3 Å². The van der Waals surface area contributed by atoms with Crippen LogP contribution in [0.4, 0.5) is 5.69 Å². The predicted octanol–water partition coefficient (Wildman–Crippen LogP) is 3.47. The summed E-state index contributed by atoms with van der Waals surface area (Å²) in [5.74, 6) is -0.250. The number of thioether (sulfide) groups is 1. The third-order valence-electron chi connectivity index (χ3n) is 4.91. The molecule has 0 bridgehead atoms. The molecule has 1 amide bonds. The fourth-order valence-electron chi connectivity index (χ4n) is 3.28. The lowest BCUT2D eigenvalue weighted by Crippen LogP contribution is -2.27. The van der Waals surface area contributed by atoms with Gasteiger partial charge in [-0.25, -0.2) is 13.4 Å². The Balaban J connectivity index is 1.68. The Morgan fingerprint density at radius 1 is 1.23 bits per heavy atom. The van der Waals surface area contributed by atoms with E-state index in [1.807, 2.05) is 19.9 Å². The van der Waals surface area contributed by atoms with E-state index in [4.69, 9.17) is 0 Å². The Bertz CT molecular complexity index is 1090. The second-order valence-corrected chi connectivity index (χ2v) is 10.5. The van der Waals surface area contributed by atoms with E-state index in [0.717, 1.165) is 24.1 Å². The van der Waals surface area contributed by atoms with Crippen LogP contribution in [-0.4, -0.2) is 42.0 Å². The molecule has 9 heteroatoms. The average molecular weight is 445 g/mol. The van der Waals surface area contributed by atoms with Crippen molar-refractivity contribution >= 4 is 33.4 Å². The highest BCUT2D eigenvalue weighted by Gasteiger charge is 2.27. The van der Waals surface area contributed by atoms with Gasteiger partial charge in [0.1, 0.15) is 11.1 Å². The highest BCUT2D eigenvalue weighted by atomic mass is 32.2. The van der Waals surface area contributed by atoms with Crippen molar-refractivity contribution in [3.63, 3.8) is 0 Å². The summed E-state index contributed by atoms with van der Waals surface area (Å²) < 4.78 is 26.7. The largest absolute Gasteiger partial charge is 0.325 e. The van der Waals surface area contributed by atoms with Crippen LogP contribution in [0.5, 0.6) is 0 Å². The summed E-state index contributed by atoms with van der Waals surface area (Å²) in [7, 11) is -3.48. The number of anilines is 1. The molecule has 0 aliphatic carbocycles. The number of pyridine rings is 1. The summed E-state index contributed by atoms with van der Waals surface area (Å²) in [6.45, 7) is 6.53. The molecule has 1 saturated heterocycles. The molecule has 1 N–H and O–H groups in total. The Kier molecular flexibility index (Phi) is 6.81. The molecule has 7 nitrogen and oxygen atoms in total. The number of carbonyl (C=O) groups is 1. The maximum Gasteiger partial charge on any atom is 0.243 e. The van der Waals surface area contributed by atoms with Crippen molar-refractivity contribution in [2.45, 2.75) is 48.8 Å². The van der Waals surface area contributed by atoms with Gasteiger partial charge in [-0.3, -0.25) is 4.79 Å². The molecular weight excluding hydrogens is 420 g/mol. The monoisotopic (exact) mass is 444 g/mol. The lowest BCUT2D eigenvalue weighted by atomic mass is 10.1. The van der Waals surface area contributed by atoms with Crippen molar-refractivity contribution in [1.82, 2.24) is 9.29 Å². The summed E-state index contributed by atoms with van der Waals surface area (Å²) in [6.07, 6.45) is 1.76. The molecule has 3 rings (SSSR count). The van der Waals surface area contributed by atoms with E-state index in [1.54, 1.807) is 19.1 Å². The molecule has 1 aromatic carbocycles. The van der Waals surface area contributed by atoms with Crippen LogP contribution in [0.3, 0.4) is 0 Å². The summed E-state index contributed by atoms with van der Waals surface area (Å²) >= 11 is 1.23. The number of amides is 1. The van der Waals surface area contributed by atoms with Crippen molar-refractivity contribution in [1.29, 1.82) is 5.26 Å². The summed E-state index contributed by atoms with van der Waals surface area (Å²) in [5.41, 5.74) is 2.61. The fraction of sp³-hybridized carbons (Fsp3) is 0.381. The number of carbonyl (C=O) groups excluding carboxylic acids is 1. The molecule has 0 radical (unpaired) electrons. The highest BCUT2D eigenvalue weighted by molar-refractivity contribution is 8.00. The van der Waals surface area contributed by atoms with Gasteiger partial charge in [0.05, 0.1) is 15.7 Å². The van der Waals surface area contributed by atoms with Gasteiger partial charge in [0, 0.05) is 24.5 Å². The highest BCUT2D eigenvalue weighted by Crippen LogP contribution is 2.28. The van der Waals surface area contributed by atoms with Gasteiger partial charge in [-0.05, 0) is 69.5 Å². The van der Waals surface area contributed by atoms with E-state index in [9.17, 15) is 18.5 Å². The van der Waals surface area contributed by atoms with Gasteiger partial charge < -0.3 is 5.32 Å². The van der Waals surface area contributed by atoms with Crippen LogP contribution in [0.2, 0.25) is 0 Å². The number of aromatic nitrogens is 1. The minimum atomic E-state index is -3.48. The van der Waals surface area contributed by atoms with Crippen molar-refractivity contribution in [2.24, 2.45) is 0 Å². The number of sulfonamides is 1. The Morgan fingerprint density at radius 3 is 2.47 bits per heavy atom. The zero-order valence-corrected chi connectivity index (χ0v) is 18.8. The predicted molar refractivity (Wildman–Crippen MR) is 117 cm³/mol. The number of nitrogens with one attached hydrogen (secondary N) is 1. The topological polar surface area (TPSA) is 103 Å². The van der Waals surface area contributed by atoms with E-state index in [1.165, 1.54) is 28.2 Å². The van der Waals surface area contributed by atoms with Gasteiger partial charge in [-0.1, -0.05) is 11.8 Å². The van der Waals surface area contributed by atoms with Gasteiger partial charge in [0.25, 0.3) is 0 Å². The molecule has 1 fully saturated rings. The molecule has 2 aromatic rings. The van der Waals surface area contributed by atoms with E-state index in [2.05, 4.69) is 16.4 Å².